The van der Waals surface area contributed by atoms with E-state index in [2.05, 4.69) is 67.0 Å². The highest BCUT2D eigenvalue weighted by Crippen LogP contribution is 2.39. The summed E-state index contributed by atoms with van der Waals surface area (Å²) in [7, 11) is 0. The molecular formula is C18H18BrClO. The van der Waals surface area contributed by atoms with Crippen LogP contribution in [0.1, 0.15) is 41.5 Å². The number of rotatable bonds is 2. The summed E-state index contributed by atoms with van der Waals surface area (Å²) in [5.41, 5.74) is 4.58. The van der Waals surface area contributed by atoms with E-state index in [9.17, 15) is 0 Å². The van der Waals surface area contributed by atoms with Crippen LogP contribution in [0.5, 0.6) is 5.75 Å². The van der Waals surface area contributed by atoms with Crippen LogP contribution >= 0.6 is 27.5 Å². The maximum atomic E-state index is 6.67. The molecule has 0 saturated heterocycles. The van der Waals surface area contributed by atoms with Crippen molar-refractivity contribution in [2.24, 2.45) is 0 Å². The van der Waals surface area contributed by atoms with E-state index < -0.39 is 0 Å². The summed E-state index contributed by atoms with van der Waals surface area (Å²) in [6.07, 6.45) is 0.930. The van der Waals surface area contributed by atoms with Gasteiger partial charge in [-0.1, -0.05) is 40.2 Å². The number of benzene rings is 2. The molecule has 1 unspecified atom stereocenters. The van der Waals surface area contributed by atoms with E-state index in [0.717, 1.165) is 27.8 Å². The first kappa shape index (κ1) is 14.9. The smallest absolute Gasteiger partial charge is 0.123 e. The molecule has 3 rings (SSSR count). The zero-order chi connectivity index (χ0) is 15.2. The molecule has 0 aromatic heterocycles. The van der Waals surface area contributed by atoms with Gasteiger partial charge in [-0.15, -0.1) is 11.6 Å². The topological polar surface area (TPSA) is 9.23 Å². The summed E-state index contributed by atoms with van der Waals surface area (Å²) in [5, 5.41) is -0.134. The Morgan fingerprint density at radius 3 is 2.52 bits per heavy atom. The molecule has 0 fully saturated rings. The zero-order valence-electron chi connectivity index (χ0n) is 12.4. The van der Waals surface area contributed by atoms with Crippen LogP contribution in [-0.2, 0) is 6.42 Å². The van der Waals surface area contributed by atoms with Gasteiger partial charge in [-0.25, -0.2) is 0 Å². The van der Waals surface area contributed by atoms with Gasteiger partial charge in [-0.05, 0) is 55.2 Å². The summed E-state index contributed by atoms with van der Waals surface area (Å²) in [5.74, 6) is 0.986. The van der Waals surface area contributed by atoms with E-state index in [4.69, 9.17) is 16.3 Å². The van der Waals surface area contributed by atoms with Crippen molar-refractivity contribution in [2.45, 2.75) is 38.2 Å². The van der Waals surface area contributed by atoms with Crippen LogP contribution in [0.3, 0.4) is 0 Å². The lowest BCUT2D eigenvalue weighted by Gasteiger charge is -2.16. The van der Waals surface area contributed by atoms with Crippen molar-refractivity contribution in [1.82, 2.24) is 0 Å². The van der Waals surface area contributed by atoms with Gasteiger partial charge in [0.1, 0.15) is 11.4 Å². The Kier molecular flexibility index (Phi) is 3.79. The summed E-state index contributed by atoms with van der Waals surface area (Å²) >= 11 is 10.2. The molecule has 1 aliphatic rings. The predicted octanol–water partition coefficient (Wildman–Crippen LogP) is 5.80. The summed E-state index contributed by atoms with van der Waals surface area (Å²) in [4.78, 5) is 0. The van der Waals surface area contributed by atoms with Gasteiger partial charge in [0.05, 0.1) is 5.38 Å². The average Bonchev–Trinajstić information content (AvgIpc) is 2.73. The fourth-order valence-corrected chi connectivity index (χ4v) is 3.32. The van der Waals surface area contributed by atoms with E-state index in [0.29, 0.717) is 0 Å². The number of hydrogen-bond acceptors (Lipinski definition) is 1. The highest BCUT2D eigenvalue weighted by Gasteiger charge is 2.30. The van der Waals surface area contributed by atoms with Gasteiger partial charge in [0, 0.05) is 10.9 Å². The van der Waals surface area contributed by atoms with Crippen LogP contribution in [0.4, 0.5) is 0 Å². The fraction of sp³-hybridized carbons (Fsp3) is 0.333. The molecule has 1 atom stereocenters. The van der Waals surface area contributed by atoms with Crippen molar-refractivity contribution < 1.29 is 4.74 Å². The van der Waals surface area contributed by atoms with Crippen molar-refractivity contribution in [3.63, 3.8) is 0 Å². The number of ether oxygens (including phenoxy) is 1. The van der Waals surface area contributed by atoms with Crippen molar-refractivity contribution in [2.75, 3.05) is 0 Å². The molecule has 110 valence electrons. The monoisotopic (exact) mass is 364 g/mol. The standard InChI is InChI=1S/C18H18BrClO/c1-11-8-12(4-6-15(11)19)17(20)13-5-7-16-14(9-13)10-18(2,3)21-16/h4-9,17H,10H2,1-3H3. The SMILES string of the molecule is Cc1cc(C(Cl)c2ccc3c(c2)CC(C)(C)O3)ccc1Br. The first-order valence-electron chi connectivity index (χ1n) is 7.08. The highest BCUT2D eigenvalue weighted by molar-refractivity contribution is 9.10. The molecule has 0 spiro atoms. The predicted molar refractivity (Wildman–Crippen MR) is 91.4 cm³/mol. The molecule has 21 heavy (non-hydrogen) atoms. The second-order valence-corrected chi connectivity index (χ2v) is 7.57. The van der Waals surface area contributed by atoms with E-state index >= 15 is 0 Å². The molecule has 1 aliphatic heterocycles. The van der Waals surface area contributed by atoms with Crippen LogP contribution in [0, 0.1) is 6.92 Å². The summed E-state index contributed by atoms with van der Waals surface area (Å²) in [6, 6.07) is 12.5. The van der Waals surface area contributed by atoms with Gasteiger partial charge in [0.15, 0.2) is 0 Å². The third-order valence-corrected chi connectivity index (χ3v) is 5.25. The number of halogens is 2. The Hall–Kier alpha value is -0.990. The third kappa shape index (κ3) is 2.97. The Morgan fingerprint density at radius 1 is 1.14 bits per heavy atom. The van der Waals surface area contributed by atoms with Crippen LogP contribution in [0.2, 0.25) is 0 Å². The maximum Gasteiger partial charge on any atom is 0.123 e. The fourth-order valence-electron chi connectivity index (χ4n) is 2.81. The minimum Gasteiger partial charge on any atom is -0.487 e. The van der Waals surface area contributed by atoms with E-state index in [-0.39, 0.29) is 11.0 Å². The van der Waals surface area contributed by atoms with E-state index in [1.54, 1.807) is 0 Å². The molecule has 0 aliphatic carbocycles. The number of alkyl halides is 1. The first-order chi connectivity index (χ1) is 9.85. The summed E-state index contributed by atoms with van der Waals surface area (Å²) in [6.45, 7) is 6.31. The first-order valence-corrected chi connectivity index (χ1v) is 8.31. The number of fused-ring (bicyclic) bond motifs is 1. The lowest BCUT2D eigenvalue weighted by molar-refractivity contribution is 0.138. The molecule has 1 heterocycles. The molecule has 1 nitrogen and oxygen atoms in total. The largest absolute Gasteiger partial charge is 0.487 e. The lowest BCUT2D eigenvalue weighted by atomic mass is 9.97. The van der Waals surface area contributed by atoms with E-state index in [1.165, 1.54) is 11.1 Å². The minimum absolute atomic E-state index is 0.114. The number of aryl methyl sites for hydroxylation is 1. The Labute approximate surface area is 139 Å². The molecule has 0 N–H and O–H groups in total. The van der Waals surface area contributed by atoms with Crippen LogP contribution in [0.15, 0.2) is 40.9 Å². The van der Waals surface area contributed by atoms with Gasteiger partial charge in [0.25, 0.3) is 0 Å². The van der Waals surface area contributed by atoms with Crippen LogP contribution in [0.25, 0.3) is 0 Å². The molecule has 0 bridgehead atoms. The summed E-state index contributed by atoms with van der Waals surface area (Å²) < 4.78 is 7.03. The minimum atomic E-state index is -0.134. The Balaban J connectivity index is 1.93. The van der Waals surface area contributed by atoms with Crippen LogP contribution < -0.4 is 4.74 Å². The van der Waals surface area contributed by atoms with Gasteiger partial charge >= 0.3 is 0 Å². The number of hydrogen-bond donors (Lipinski definition) is 0. The lowest BCUT2D eigenvalue weighted by Crippen LogP contribution is -2.24. The molecule has 0 saturated carbocycles. The maximum absolute atomic E-state index is 6.67. The molecular weight excluding hydrogens is 348 g/mol. The molecule has 2 aromatic rings. The van der Waals surface area contributed by atoms with Crippen molar-refractivity contribution >= 4 is 27.5 Å². The van der Waals surface area contributed by atoms with Gasteiger partial charge < -0.3 is 4.74 Å². The van der Waals surface area contributed by atoms with E-state index in [1.807, 2.05) is 6.07 Å². The van der Waals surface area contributed by atoms with Crippen molar-refractivity contribution in [3.8, 4) is 5.75 Å². The average molecular weight is 366 g/mol. The van der Waals surface area contributed by atoms with Crippen LogP contribution in [-0.4, -0.2) is 5.60 Å². The van der Waals surface area contributed by atoms with Gasteiger partial charge in [-0.3, -0.25) is 0 Å². The Bertz CT molecular complexity index is 694. The highest BCUT2D eigenvalue weighted by atomic mass is 79.9. The third-order valence-electron chi connectivity index (χ3n) is 3.85. The van der Waals surface area contributed by atoms with Gasteiger partial charge in [0.2, 0.25) is 0 Å². The van der Waals surface area contributed by atoms with Gasteiger partial charge in [-0.2, -0.15) is 0 Å². The molecule has 0 amide bonds. The Morgan fingerprint density at radius 2 is 1.81 bits per heavy atom. The second-order valence-electron chi connectivity index (χ2n) is 6.28. The van der Waals surface area contributed by atoms with Crippen molar-refractivity contribution in [1.29, 1.82) is 0 Å². The molecule has 2 aromatic carbocycles. The quantitative estimate of drug-likeness (QED) is 0.611. The van der Waals surface area contributed by atoms with Crippen molar-refractivity contribution in [3.05, 3.63) is 63.1 Å². The normalized spacial score (nSPS) is 17.2. The zero-order valence-corrected chi connectivity index (χ0v) is 14.8. The molecule has 0 radical (unpaired) electrons. The second kappa shape index (κ2) is 5.33. The molecule has 3 heteroatoms.